The number of nitrogens with one attached hydrogen (secondary N) is 1. The van der Waals surface area contributed by atoms with Gasteiger partial charge in [-0.15, -0.1) is 0 Å². The Bertz CT molecular complexity index is 476. The normalized spacial score (nSPS) is 17.6. The topological polar surface area (TPSA) is 50.8 Å². The van der Waals surface area contributed by atoms with Gasteiger partial charge < -0.3 is 19.7 Å². The second-order valence-corrected chi connectivity index (χ2v) is 5.07. The minimum atomic E-state index is 0.00669. The van der Waals surface area contributed by atoms with Crippen molar-refractivity contribution in [3.8, 4) is 5.75 Å². The Kier molecular flexibility index (Phi) is 4.98. The fourth-order valence-corrected chi connectivity index (χ4v) is 2.25. The zero-order chi connectivity index (χ0) is 14.5. The highest BCUT2D eigenvalue weighted by Gasteiger charge is 2.27. The molecule has 0 spiro atoms. The molecule has 1 aliphatic rings. The van der Waals surface area contributed by atoms with Crippen molar-refractivity contribution in [2.75, 3.05) is 38.3 Å². The maximum Gasteiger partial charge on any atom is 0.241 e. The number of amides is 1. The van der Waals surface area contributed by atoms with Crippen molar-refractivity contribution in [1.82, 2.24) is 5.32 Å². The lowest BCUT2D eigenvalue weighted by atomic mass is 10.1. The molecule has 0 aliphatic carbocycles. The lowest BCUT2D eigenvalue weighted by Crippen LogP contribution is -2.46. The van der Waals surface area contributed by atoms with Gasteiger partial charge in [0.05, 0.1) is 25.4 Å². The first-order chi connectivity index (χ1) is 9.61. The van der Waals surface area contributed by atoms with E-state index < -0.39 is 0 Å². The summed E-state index contributed by atoms with van der Waals surface area (Å²) in [6, 6.07) is 5.92. The molecule has 0 unspecified atom stereocenters. The lowest BCUT2D eigenvalue weighted by molar-refractivity contribution is -0.118. The van der Waals surface area contributed by atoms with E-state index in [9.17, 15) is 4.79 Å². The van der Waals surface area contributed by atoms with Gasteiger partial charge in [-0.05, 0) is 31.5 Å². The molecule has 5 heteroatoms. The summed E-state index contributed by atoms with van der Waals surface area (Å²) in [5.74, 6) is 0.843. The molecule has 0 fully saturated rings. The van der Waals surface area contributed by atoms with E-state index in [1.54, 1.807) is 12.0 Å². The minimum absolute atomic E-state index is 0.00669. The van der Waals surface area contributed by atoms with Crippen LogP contribution in [0, 0.1) is 6.92 Å². The van der Waals surface area contributed by atoms with E-state index >= 15 is 0 Å². The number of nitrogens with zero attached hydrogens (tertiary/aromatic N) is 1. The van der Waals surface area contributed by atoms with Crippen LogP contribution in [0.25, 0.3) is 0 Å². The van der Waals surface area contributed by atoms with Crippen LogP contribution >= 0.6 is 0 Å². The van der Waals surface area contributed by atoms with Crippen LogP contribution in [0.5, 0.6) is 5.75 Å². The first-order valence-corrected chi connectivity index (χ1v) is 6.89. The zero-order valence-corrected chi connectivity index (χ0v) is 12.3. The van der Waals surface area contributed by atoms with Crippen LogP contribution in [-0.2, 0) is 9.53 Å². The summed E-state index contributed by atoms with van der Waals surface area (Å²) in [6.07, 6.45) is 0.00669. The van der Waals surface area contributed by atoms with E-state index in [4.69, 9.17) is 9.47 Å². The maximum absolute atomic E-state index is 12.3. The molecule has 0 saturated heterocycles. The quantitative estimate of drug-likeness (QED) is 0.826. The molecule has 1 amide bonds. The SMILES string of the molecule is COCCNCC(=O)N1C[C@@H](C)Oc2cc(C)ccc21. The van der Waals surface area contributed by atoms with Crippen molar-refractivity contribution in [1.29, 1.82) is 0 Å². The van der Waals surface area contributed by atoms with Crippen molar-refractivity contribution in [3.05, 3.63) is 23.8 Å². The third-order valence-electron chi connectivity index (χ3n) is 3.23. The molecule has 2 rings (SSSR count). The van der Waals surface area contributed by atoms with Gasteiger partial charge in [-0.3, -0.25) is 4.79 Å². The monoisotopic (exact) mass is 278 g/mol. The van der Waals surface area contributed by atoms with Crippen molar-refractivity contribution in [2.24, 2.45) is 0 Å². The Morgan fingerprint density at radius 2 is 2.35 bits per heavy atom. The van der Waals surface area contributed by atoms with Crippen LogP contribution < -0.4 is 15.0 Å². The van der Waals surface area contributed by atoms with E-state index in [-0.39, 0.29) is 12.0 Å². The average Bonchev–Trinajstić information content (AvgIpc) is 2.42. The van der Waals surface area contributed by atoms with E-state index in [1.165, 1.54) is 0 Å². The van der Waals surface area contributed by atoms with Crippen LogP contribution in [0.3, 0.4) is 0 Å². The number of anilines is 1. The largest absolute Gasteiger partial charge is 0.487 e. The molecule has 0 saturated carbocycles. The summed E-state index contributed by atoms with van der Waals surface area (Å²) in [6.45, 7) is 6.15. The Morgan fingerprint density at radius 3 is 3.10 bits per heavy atom. The van der Waals surface area contributed by atoms with Crippen LogP contribution in [0.15, 0.2) is 18.2 Å². The fraction of sp³-hybridized carbons (Fsp3) is 0.533. The van der Waals surface area contributed by atoms with Gasteiger partial charge in [-0.25, -0.2) is 0 Å². The van der Waals surface area contributed by atoms with Gasteiger partial charge in [0.1, 0.15) is 11.9 Å². The second-order valence-electron chi connectivity index (χ2n) is 5.07. The van der Waals surface area contributed by atoms with Crippen LogP contribution in [0.2, 0.25) is 0 Å². The summed E-state index contributed by atoms with van der Waals surface area (Å²) in [5, 5.41) is 3.08. The number of hydrogen-bond donors (Lipinski definition) is 1. The van der Waals surface area contributed by atoms with E-state index in [0.29, 0.717) is 26.2 Å². The van der Waals surface area contributed by atoms with Gasteiger partial charge in [-0.2, -0.15) is 0 Å². The number of fused-ring (bicyclic) bond motifs is 1. The van der Waals surface area contributed by atoms with Gasteiger partial charge >= 0.3 is 0 Å². The van der Waals surface area contributed by atoms with Crippen LogP contribution in [0.1, 0.15) is 12.5 Å². The molecule has 0 radical (unpaired) electrons. The summed E-state index contributed by atoms with van der Waals surface area (Å²) in [5.41, 5.74) is 1.98. The van der Waals surface area contributed by atoms with Gasteiger partial charge in [0.2, 0.25) is 5.91 Å². The predicted molar refractivity (Wildman–Crippen MR) is 78.4 cm³/mol. The van der Waals surface area contributed by atoms with Gasteiger partial charge in [-0.1, -0.05) is 6.07 Å². The molecule has 1 atom stereocenters. The first-order valence-electron chi connectivity index (χ1n) is 6.89. The molecule has 110 valence electrons. The Morgan fingerprint density at radius 1 is 1.55 bits per heavy atom. The number of ether oxygens (including phenoxy) is 2. The third kappa shape index (κ3) is 3.49. The number of hydrogen-bond acceptors (Lipinski definition) is 4. The molecule has 1 aromatic carbocycles. The smallest absolute Gasteiger partial charge is 0.241 e. The Balaban J connectivity index is 2.06. The summed E-state index contributed by atoms with van der Waals surface area (Å²) in [7, 11) is 1.64. The molecule has 0 aromatic heterocycles. The summed E-state index contributed by atoms with van der Waals surface area (Å²) >= 11 is 0. The standard InChI is InChI=1S/C15H22N2O3/c1-11-4-5-13-14(8-11)20-12(2)10-17(13)15(18)9-16-6-7-19-3/h4-5,8,12,16H,6-7,9-10H2,1-3H3/t12-/m1/s1. The van der Waals surface area contributed by atoms with Gasteiger partial charge in [0, 0.05) is 13.7 Å². The highest BCUT2D eigenvalue weighted by molar-refractivity contribution is 5.96. The summed E-state index contributed by atoms with van der Waals surface area (Å²) < 4.78 is 10.7. The number of methoxy groups -OCH3 is 1. The maximum atomic E-state index is 12.3. The van der Waals surface area contributed by atoms with Crippen molar-refractivity contribution in [2.45, 2.75) is 20.0 Å². The van der Waals surface area contributed by atoms with Gasteiger partial charge in [0.15, 0.2) is 0 Å². The van der Waals surface area contributed by atoms with Crippen molar-refractivity contribution < 1.29 is 14.3 Å². The zero-order valence-electron chi connectivity index (χ0n) is 12.3. The number of carbonyl (C=O) groups excluding carboxylic acids is 1. The molecule has 1 N–H and O–H groups in total. The average molecular weight is 278 g/mol. The van der Waals surface area contributed by atoms with E-state index in [2.05, 4.69) is 5.32 Å². The van der Waals surface area contributed by atoms with E-state index in [0.717, 1.165) is 17.0 Å². The van der Waals surface area contributed by atoms with Gasteiger partial charge in [0.25, 0.3) is 0 Å². The molecule has 5 nitrogen and oxygen atoms in total. The Hall–Kier alpha value is -1.59. The highest BCUT2D eigenvalue weighted by atomic mass is 16.5. The molecule has 1 aliphatic heterocycles. The number of rotatable bonds is 5. The molecule has 1 heterocycles. The third-order valence-corrected chi connectivity index (χ3v) is 3.23. The van der Waals surface area contributed by atoms with Crippen LogP contribution in [0.4, 0.5) is 5.69 Å². The predicted octanol–water partition coefficient (Wildman–Crippen LogP) is 1.34. The molecule has 20 heavy (non-hydrogen) atoms. The number of aryl methyl sites for hydroxylation is 1. The van der Waals surface area contributed by atoms with Crippen molar-refractivity contribution in [3.63, 3.8) is 0 Å². The van der Waals surface area contributed by atoms with Crippen LogP contribution in [-0.4, -0.2) is 45.4 Å². The molecular formula is C15H22N2O3. The minimum Gasteiger partial charge on any atom is -0.487 e. The fourth-order valence-electron chi connectivity index (χ4n) is 2.25. The van der Waals surface area contributed by atoms with Crippen molar-refractivity contribution >= 4 is 11.6 Å². The Labute approximate surface area is 119 Å². The number of carbonyl (C=O) groups is 1. The summed E-state index contributed by atoms with van der Waals surface area (Å²) in [4.78, 5) is 14.1. The molecule has 1 aromatic rings. The number of benzene rings is 1. The lowest BCUT2D eigenvalue weighted by Gasteiger charge is -2.33. The first kappa shape index (κ1) is 14.8. The molecular weight excluding hydrogens is 256 g/mol. The van der Waals surface area contributed by atoms with E-state index in [1.807, 2.05) is 32.0 Å². The molecule has 0 bridgehead atoms. The second kappa shape index (κ2) is 6.72. The highest BCUT2D eigenvalue weighted by Crippen LogP contribution is 2.34.